The summed E-state index contributed by atoms with van der Waals surface area (Å²) in [5.41, 5.74) is 2.47. The molecule has 0 fully saturated rings. The molecule has 17 heavy (non-hydrogen) atoms. The summed E-state index contributed by atoms with van der Waals surface area (Å²) >= 11 is 5.96. The first-order valence-electron chi connectivity index (χ1n) is 4.85. The Balaban J connectivity index is 2.19. The highest BCUT2D eigenvalue weighted by molar-refractivity contribution is 6.33. The molecule has 2 heterocycles. The van der Waals surface area contributed by atoms with Crippen LogP contribution in [0.25, 0.3) is 22.4 Å². The number of aromatic nitrogens is 4. The average molecular weight is 249 g/mol. The van der Waals surface area contributed by atoms with Gasteiger partial charge in [-0.05, 0) is 18.2 Å². The Kier molecular flexibility index (Phi) is 2.26. The number of fused-ring (bicyclic) bond motifs is 1. The molecule has 0 aliphatic heterocycles. The number of hydrogen-bond donors (Lipinski definition) is 1. The third kappa shape index (κ3) is 1.74. The van der Waals surface area contributed by atoms with Crippen molar-refractivity contribution in [1.82, 2.24) is 20.2 Å². The molecule has 0 atom stereocenters. The number of nitrogens with zero attached hydrogens (tertiary/aromatic N) is 3. The van der Waals surface area contributed by atoms with Crippen LogP contribution in [-0.2, 0) is 0 Å². The van der Waals surface area contributed by atoms with E-state index in [0.717, 1.165) is 0 Å². The zero-order valence-electron chi connectivity index (χ0n) is 8.48. The fraction of sp³-hybridized carbons (Fsp3) is 0. The summed E-state index contributed by atoms with van der Waals surface area (Å²) in [5, 5.41) is 6.84. The Bertz CT molecular complexity index is 695. The first-order chi connectivity index (χ1) is 8.24. The average Bonchev–Trinajstić information content (AvgIpc) is 2.75. The van der Waals surface area contributed by atoms with E-state index in [0.29, 0.717) is 27.4 Å². The van der Waals surface area contributed by atoms with E-state index >= 15 is 0 Å². The van der Waals surface area contributed by atoms with Gasteiger partial charge in [0.25, 0.3) is 0 Å². The highest BCUT2D eigenvalue weighted by Gasteiger charge is 2.08. The van der Waals surface area contributed by atoms with Crippen molar-refractivity contribution in [3.8, 4) is 11.3 Å². The maximum Gasteiger partial charge on any atom is 0.174 e. The molecule has 0 saturated heterocycles. The van der Waals surface area contributed by atoms with Crippen molar-refractivity contribution in [2.75, 3.05) is 0 Å². The zero-order chi connectivity index (χ0) is 11.8. The Morgan fingerprint density at radius 3 is 2.94 bits per heavy atom. The van der Waals surface area contributed by atoms with E-state index < -0.39 is 0 Å². The number of aromatic amines is 1. The lowest BCUT2D eigenvalue weighted by atomic mass is 10.1. The molecular formula is C11H6ClFN4. The molecule has 0 saturated carbocycles. The van der Waals surface area contributed by atoms with Gasteiger partial charge in [0.1, 0.15) is 11.3 Å². The topological polar surface area (TPSA) is 54.5 Å². The summed E-state index contributed by atoms with van der Waals surface area (Å²) in [4.78, 5) is 8.48. The monoisotopic (exact) mass is 248 g/mol. The molecular weight excluding hydrogens is 243 g/mol. The molecule has 3 rings (SSSR count). The number of rotatable bonds is 1. The molecule has 0 bridgehead atoms. The third-order valence-corrected chi connectivity index (χ3v) is 2.68. The van der Waals surface area contributed by atoms with Crippen molar-refractivity contribution in [3.63, 3.8) is 0 Å². The van der Waals surface area contributed by atoms with Gasteiger partial charge < -0.3 is 0 Å². The fourth-order valence-electron chi connectivity index (χ4n) is 1.56. The maximum atomic E-state index is 12.9. The van der Waals surface area contributed by atoms with E-state index in [-0.39, 0.29) is 5.82 Å². The minimum absolute atomic E-state index is 0.308. The molecule has 6 heteroatoms. The van der Waals surface area contributed by atoms with E-state index in [1.807, 2.05) is 0 Å². The summed E-state index contributed by atoms with van der Waals surface area (Å²) in [6, 6.07) is 4.16. The van der Waals surface area contributed by atoms with Gasteiger partial charge in [-0.2, -0.15) is 5.10 Å². The Labute approximate surface area is 100 Å². The molecule has 1 N–H and O–H groups in total. The first-order valence-corrected chi connectivity index (χ1v) is 5.23. The van der Waals surface area contributed by atoms with Crippen LogP contribution in [0.1, 0.15) is 0 Å². The standard InChI is InChI=1S/C11H6ClFN4/c12-8-3-6(13)1-2-7(8)9-4-14-11-10(16-9)5-15-17-11/h1-5H,(H,14,15,17). The highest BCUT2D eigenvalue weighted by Crippen LogP contribution is 2.27. The summed E-state index contributed by atoms with van der Waals surface area (Å²) in [6.45, 7) is 0. The summed E-state index contributed by atoms with van der Waals surface area (Å²) in [6.07, 6.45) is 3.14. The van der Waals surface area contributed by atoms with Crippen LogP contribution >= 0.6 is 11.6 Å². The number of halogens is 2. The number of hydrogen-bond acceptors (Lipinski definition) is 3. The Morgan fingerprint density at radius 1 is 1.24 bits per heavy atom. The molecule has 1 aromatic carbocycles. The van der Waals surface area contributed by atoms with Crippen molar-refractivity contribution >= 4 is 22.8 Å². The van der Waals surface area contributed by atoms with Crippen molar-refractivity contribution in [2.45, 2.75) is 0 Å². The lowest BCUT2D eigenvalue weighted by molar-refractivity contribution is 0.628. The first kappa shape index (κ1) is 10.2. The third-order valence-electron chi connectivity index (χ3n) is 2.36. The lowest BCUT2D eigenvalue weighted by Crippen LogP contribution is -1.88. The summed E-state index contributed by atoms with van der Waals surface area (Å²) in [7, 11) is 0. The quantitative estimate of drug-likeness (QED) is 0.720. The molecule has 0 radical (unpaired) electrons. The van der Waals surface area contributed by atoms with Gasteiger partial charge in [-0.1, -0.05) is 11.6 Å². The van der Waals surface area contributed by atoms with Gasteiger partial charge in [-0.3, -0.25) is 5.10 Å². The minimum atomic E-state index is -0.379. The van der Waals surface area contributed by atoms with E-state index in [9.17, 15) is 4.39 Å². The van der Waals surface area contributed by atoms with Crippen LogP contribution in [0.5, 0.6) is 0 Å². The summed E-state index contributed by atoms with van der Waals surface area (Å²) < 4.78 is 12.9. The van der Waals surface area contributed by atoms with Crippen LogP contribution in [-0.4, -0.2) is 20.2 Å². The number of benzene rings is 1. The molecule has 0 amide bonds. The van der Waals surface area contributed by atoms with Crippen LogP contribution in [0.4, 0.5) is 4.39 Å². The summed E-state index contributed by atoms with van der Waals surface area (Å²) in [5.74, 6) is -0.379. The van der Waals surface area contributed by atoms with E-state index in [1.54, 1.807) is 18.5 Å². The van der Waals surface area contributed by atoms with Crippen LogP contribution in [0.15, 0.2) is 30.6 Å². The van der Waals surface area contributed by atoms with Gasteiger partial charge in [0.15, 0.2) is 5.65 Å². The van der Waals surface area contributed by atoms with E-state index in [2.05, 4.69) is 20.2 Å². The van der Waals surface area contributed by atoms with Crippen LogP contribution in [0.2, 0.25) is 5.02 Å². The smallest absolute Gasteiger partial charge is 0.174 e. The van der Waals surface area contributed by atoms with Crippen molar-refractivity contribution < 1.29 is 4.39 Å². The number of H-pyrrole nitrogens is 1. The highest BCUT2D eigenvalue weighted by atomic mass is 35.5. The molecule has 0 spiro atoms. The largest absolute Gasteiger partial charge is 0.259 e. The second kappa shape index (κ2) is 3.78. The molecule has 3 aromatic rings. The van der Waals surface area contributed by atoms with Gasteiger partial charge >= 0.3 is 0 Å². The molecule has 0 aliphatic carbocycles. The van der Waals surface area contributed by atoms with Gasteiger partial charge in [-0.15, -0.1) is 0 Å². The lowest BCUT2D eigenvalue weighted by Gasteiger charge is -2.02. The van der Waals surface area contributed by atoms with Gasteiger partial charge in [0.2, 0.25) is 0 Å². The fourth-order valence-corrected chi connectivity index (χ4v) is 1.83. The molecule has 2 aromatic heterocycles. The zero-order valence-corrected chi connectivity index (χ0v) is 9.24. The predicted molar refractivity (Wildman–Crippen MR) is 62.1 cm³/mol. The van der Waals surface area contributed by atoms with Crippen molar-refractivity contribution in [2.24, 2.45) is 0 Å². The molecule has 4 nitrogen and oxygen atoms in total. The molecule has 84 valence electrons. The second-order valence-corrected chi connectivity index (χ2v) is 3.89. The normalized spacial score (nSPS) is 10.9. The van der Waals surface area contributed by atoms with Crippen molar-refractivity contribution in [1.29, 1.82) is 0 Å². The van der Waals surface area contributed by atoms with Crippen LogP contribution < -0.4 is 0 Å². The molecule has 0 aliphatic rings. The molecule has 0 unspecified atom stereocenters. The van der Waals surface area contributed by atoms with Gasteiger partial charge in [0.05, 0.1) is 23.1 Å². The van der Waals surface area contributed by atoms with E-state index in [4.69, 9.17) is 11.6 Å². The SMILES string of the molecule is Fc1ccc(-c2cnc3[nH]ncc3n2)c(Cl)c1. The Hall–Kier alpha value is -2.01. The van der Waals surface area contributed by atoms with E-state index in [1.165, 1.54) is 12.1 Å². The van der Waals surface area contributed by atoms with Gasteiger partial charge in [0, 0.05) is 5.56 Å². The van der Waals surface area contributed by atoms with Crippen LogP contribution in [0.3, 0.4) is 0 Å². The predicted octanol–water partition coefficient (Wildman–Crippen LogP) is 2.81. The minimum Gasteiger partial charge on any atom is -0.259 e. The number of nitrogens with one attached hydrogen (secondary N) is 1. The Morgan fingerprint density at radius 2 is 2.12 bits per heavy atom. The van der Waals surface area contributed by atoms with Crippen LogP contribution in [0, 0.1) is 5.82 Å². The van der Waals surface area contributed by atoms with Crippen molar-refractivity contribution in [3.05, 3.63) is 41.4 Å². The maximum absolute atomic E-state index is 12.9. The van der Waals surface area contributed by atoms with Gasteiger partial charge in [-0.25, -0.2) is 14.4 Å². The second-order valence-electron chi connectivity index (χ2n) is 3.48.